The number of carbonyl (C=O) groups is 2. The van der Waals surface area contributed by atoms with Crippen LogP contribution in [0.5, 0.6) is 0 Å². The number of hydrogen-bond acceptors (Lipinski definition) is 5. The maximum absolute atomic E-state index is 13.9. The average molecular weight is 659 g/mol. The first kappa shape index (κ1) is 32.9. The Hall–Kier alpha value is -4.44. The molecule has 0 aliphatic heterocycles. The molecule has 5 aromatic rings. The summed E-state index contributed by atoms with van der Waals surface area (Å²) in [5.41, 5.74) is 5.11. The summed E-state index contributed by atoms with van der Waals surface area (Å²) in [6.07, 6.45) is 0.357. The van der Waals surface area contributed by atoms with E-state index in [9.17, 15) is 18.0 Å². The lowest BCUT2D eigenvalue weighted by Gasteiger charge is -2.22. The van der Waals surface area contributed by atoms with Crippen LogP contribution in [0.2, 0.25) is 5.02 Å². The van der Waals surface area contributed by atoms with E-state index < -0.39 is 27.7 Å². The van der Waals surface area contributed by atoms with Gasteiger partial charge in [-0.15, -0.1) is 0 Å². The second-order valence-electron chi connectivity index (χ2n) is 12.2. The Morgan fingerprint density at radius 1 is 0.913 bits per heavy atom. The van der Waals surface area contributed by atoms with E-state index in [1.54, 1.807) is 36.4 Å². The van der Waals surface area contributed by atoms with E-state index in [4.69, 9.17) is 20.6 Å². The Morgan fingerprint density at radius 2 is 1.61 bits per heavy atom. The smallest absolute Gasteiger partial charge is 0.266 e. The first-order valence-electron chi connectivity index (χ1n) is 14.8. The number of rotatable bonds is 10. The van der Waals surface area contributed by atoms with E-state index in [1.165, 1.54) is 0 Å². The van der Waals surface area contributed by atoms with Gasteiger partial charge in [-0.1, -0.05) is 87.0 Å². The van der Waals surface area contributed by atoms with Gasteiger partial charge in [0.15, 0.2) is 0 Å². The van der Waals surface area contributed by atoms with Gasteiger partial charge in [0, 0.05) is 28.7 Å². The van der Waals surface area contributed by atoms with Crippen molar-refractivity contribution in [1.82, 2.24) is 5.32 Å². The summed E-state index contributed by atoms with van der Waals surface area (Å²) in [4.78, 5) is 26.3. The highest BCUT2D eigenvalue weighted by Gasteiger charge is 2.24. The van der Waals surface area contributed by atoms with E-state index in [0.717, 1.165) is 27.7 Å². The second kappa shape index (κ2) is 13.5. The van der Waals surface area contributed by atoms with E-state index >= 15 is 0 Å². The quantitative estimate of drug-likeness (QED) is 0.133. The van der Waals surface area contributed by atoms with Crippen molar-refractivity contribution >= 4 is 50.2 Å². The van der Waals surface area contributed by atoms with Gasteiger partial charge in [0.05, 0.1) is 16.7 Å². The van der Waals surface area contributed by atoms with Gasteiger partial charge in [-0.2, -0.15) is 8.42 Å². The third-order valence-corrected chi connectivity index (χ3v) is 8.76. The molecule has 5 rings (SSSR count). The van der Waals surface area contributed by atoms with Gasteiger partial charge in [0.25, 0.3) is 16.0 Å². The maximum atomic E-state index is 13.9. The Morgan fingerprint density at radius 3 is 2.24 bits per heavy atom. The molecule has 1 heterocycles. The lowest BCUT2D eigenvalue weighted by molar-refractivity contribution is -0.117. The summed E-state index contributed by atoms with van der Waals surface area (Å²) < 4.78 is 36.7. The number of benzene rings is 4. The van der Waals surface area contributed by atoms with Crippen molar-refractivity contribution in [3.05, 3.63) is 124 Å². The van der Waals surface area contributed by atoms with Gasteiger partial charge < -0.3 is 15.1 Å². The number of fused-ring (bicyclic) bond motifs is 1. The molecule has 0 saturated heterocycles. The number of para-hydroxylation sites is 1. The highest BCUT2D eigenvalue weighted by atomic mass is 35.5. The van der Waals surface area contributed by atoms with Crippen LogP contribution in [0.25, 0.3) is 22.3 Å². The molecule has 1 aromatic heterocycles. The summed E-state index contributed by atoms with van der Waals surface area (Å²) in [7, 11) is -4.18. The summed E-state index contributed by atoms with van der Waals surface area (Å²) >= 11 is 6.67. The third-order valence-electron chi connectivity index (χ3n) is 7.72. The summed E-state index contributed by atoms with van der Waals surface area (Å²) in [5, 5.41) is 6.91. The zero-order chi connectivity index (χ0) is 33.1. The van der Waals surface area contributed by atoms with Crippen LogP contribution >= 0.6 is 11.6 Å². The van der Waals surface area contributed by atoms with Crippen molar-refractivity contribution in [2.45, 2.75) is 38.5 Å². The van der Waals surface area contributed by atoms with Crippen molar-refractivity contribution in [2.24, 2.45) is 0 Å². The number of anilines is 1. The highest BCUT2D eigenvalue weighted by Crippen LogP contribution is 2.35. The van der Waals surface area contributed by atoms with Crippen LogP contribution in [0.1, 0.15) is 53.7 Å². The molecule has 0 bridgehead atoms. The Balaban J connectivity index is 1.35. The predicted molar refractivity (Wildman–Crippen MR) is 182 cm³/mol. The van der Waals surface area contributed by atoms with Gasteiger partial charge >= 0.3 is 0 Å². The monoisotopic (exact) mass is 658 g/mol. The minimum Gasteiger partial charge on any atom is -0.456 e. The Labute approximate surface area is 273 Å². The lowest BCUT2D eigenvalue weighted by Crippen LogP contribution is -2.28. The van der Waals surface area contributed by atoms with Crippen LogP contribution in [0, 0.1) is 0 Å². The summed E-state index contributed by atoms with van der Waals surface area (Å²) in [6, 6.07) is 29.7. The van der Waals surface area contributed by atoms with E-state index in [-0.39, 0.29) is 17.9 Å². The average Bonchev–Trinajstić information content (AvgIpc) is 3.43. The van der Waals surface area contributed by atoms with Gasteiger partial charge in [-0.25, -0.2) is 0 Å². The van der Waals surface area contributed by atoms with Gasteiger partial charge in [-0.05, 0) is 71.0 Å². The molecule has 2 amide bonds. The molecule has 46 heavy (non-hydrogen) atoms. The number of furan rings is 1. The number of nitrogens with one attached hydrogen (secondary N) is 2. The van der Waals surface area contributed by atoms with Crippen LogP contribution in [0.4, 0.5) is 5.69 Å². The van der Waals surface area contributed by atoms with Gasteiger partial charge in [-0.3, -0.25) is 14.1 Å². The third kappa shape index (κ3) is 8.23. The molecule has 4 aromatic carbocycles. The fourth-order valence-corrected chi connectivity index (χ4v) is 5.77. The summed E-state index contributed by atoms with van der Waals surface area (Å²) in [5.74, 6) is -1.18. The minimum atomic E-state index is -4.18. The molecular weight excluding hydrogens is 624 g/mol. The van der Waals surface area contributed by atoms with Crippen LogP contribution in [-0.4, -0.2) is 37.1 Å². The fourth-order valence-electron chi connectivity index (χ4n) is 5.14. The van der Waals surface area contributed by atoms with E-state index in [2.05, 4.69) is 31.4 Å². The molecular formula is C36H35ClN2O6S. The number of carbonyl (C=O) groups excluding carboxylic acids is 2. The van der Waals surface area contributed by atoms with E-state index in [1.807, 2.05) is 60.7 Å². The largest absolute Gasteiger partial charge is 0.456 e. The van der Waals surface area contributed by atoms with Gasteiger partial charge in [0.1, 0.15) is 11.3 Å². The Kier molecular flexibility index (Phi) is 9.67. The van der Waals surface area contributed by atoms with Crippen LogP contribution in [-0.2, 0) is 26.7 Å². The van der Waals surface area contributed by atoms with Crippen LogP contribution in [0.3, 0.4) is 0 Å². The number of hydrogen-bond donors (Lipinski definition) is 3. The zero-order valence-corrected chi connectivity index (χ0v) is 27.3. The molecule has 0 spiro atoms. The molecule has 238 valence electrons. The Bertz CT molecular complexity index is 1950. The lowest BCUT2D eigenvalue weighted by atomic mass is 9.84. The first-order valence-corrected chi connectivity index (χ1v) is 16.8. The molecule has 0 fully saturated rings. The molecule has 0 radical (unpaired) electrons. The standard InChI is InChI=1S/C36H35ClN2O6S/c1-36(2,3)27-14-12-24(13-15-27)30(20-23-8-10-25(11-9-23)34(40)38-18-19-46(42,43)44)35(41)39-28-16-17-29(31(37)22-28)33-21-26-6-4-5-7-32(26)45-33/h4-17,21-22,30H,18-20H2,1-3H3,(H,38,40)(H,39,41)(H,42,43,44). The molecule has 1 atom stereocenters. The molecule has 0 saturated carbocycles. The van der Waals surface area contributed by atoms with E-state index in [0.29, 0.717) is 34.0 Å². The van der Waals surface area contributed by atoms with Crippen molar-refractivity contribution in [2.75, 3.05) is 17.6 Å². The van der Waals surface area contributed by atoms with Gasteiger partial charge in [0.2, 0.25) is 5.91 Å². The minimum absolute atomic E-state index is 0.0492. The normalized spacial score (nSPS) is 12.5. The number of halogens is 1. The highest BCUT2D eigenvalue weighted by molar-refractivity contribution is 7.85. The SMILES string of the molecule is CC(C)(C)c1ccc(C(Cc2ccc(C(=O)NCCS(=O)(=O)O)cc2)C(=O)Nc2ccc(-c3cc4ccccc4o3)c(Cl)c2)cc1. The molecule has 8 nitrogen and oxygen atoms in total. The number of amides is 2. The second-order valence-corrected chi connectivity index (χ2v) is 14.2. The molecule has 3 N–H and O–H groups in total. The summed E-state index contributed by atoms with van der Waals surface area (Å²) in [6.45, 7) is 6.18. The molecule has 0 aliphatic carbocycles. The topological polar surface area (TPSA) is 126 Å². The molecule has 1 unspecified atom stereocenters. The van der Waals surface area contributed by atoms with Crippen LogP contribution < -0.4 is 10.6 Å². The molecule has 10 heteroatoms. The fraction of sp³-hybridized carbons (Fsp3) is 0.222. The molecule has 0 aliphatic rings. The van der Waals surface area contributed by atoms with Crippen molar-refractivity contribution < 1.29 is 27.0 Å². The zero-order valence-electron chi connectivity index (χ0n) is 25.7. The van der Waals surface area contributed by atoms with Crippen molar-refractivity contribution in [3.8, 4) is 11.3 Å². The van der Waals surface area contributed by atoms with Crippen molar-refractivity contribution in [3.63, 3.8) is 0 Å². The van der Waals surface area contributed by atoms with Crippen molar-refractivity contribution in [1.29, 1.82) is 0 Å². The van der Waals surface area contributed by atoms with Crippen LogP contribution in [0.15, 0.2) is 101 Å². The predicted octanol–water partition coefficient (Wildman–Crippen LogP) is 7.63. The first-order chi connectivity index (χ1) is 21.8. The maximum Gasteiger partial charge on any atom is 0.266 e.